The molecule has 0 saturated carbocycles. The Balaban J connectivity index is 2.04. The highest BCUT2D eigenvalue weighted by molar-refractivity contribution is 5.83. The molecule has 0 radical (unpaired) electrons. The monoisotopic (exact) mass is 918 g/mol. The topological polar surface area (TPSA) is 238 Å². The Hall–Kier alpha value is -5.66. The minimum atomic E-state index is -1.87. The Morgan fingerprint density at radius 3 is 1.54 bits per heavy atom. The molecule has 10 atom stereocenters. The molecule has 2 fully saturated rings. The molecule has 0 unspecified atom stereocenters. The fourth-order valence-corrected chi connectivity index (χ4v) is 7.58. The summed E-state index contributed by atoms with van der Waals surface area (Å²) in [5.41, 5.74) is 4.20. The molecule has 0 amide bonds. The van der Waals surface area contributed by atoms with E-state index in [1.807, 2.05) is 19.1 Å². The first kappa shape index (κ1) is 53.7. The number of ether oxygens (including phenoxy) is 11. The molecule has 1 aliphatic carbocycles. The van der Waals surface area contributed by atoms with Gasteiger partial charge in [0.05, 0.1) is 0 Å². The van der Waals surface area contributed by atoms with E-state index in [2.05, 4.69) is 26.8 Å². The third kappa shape index (κ3) is 17.0. The van der Waals surface area contributed by atoms with Crippen molar-refractivity contribution in [1.82, 2.24) is 0 Å². The zero-order chi connectivity index (χ0) is 48.8. The number of rotatable bonds is 17. The second-order valence-corrected chi connectivity index (χ2v) is 16.5. The van der Waals surface area contributed by atoms with E-state index in [1.165, 1.54) is 11.1 Å². The highest BCUT2D eigenvalue weighted by atomic mass is 16.8. The van der Waals surface area contributed by atoms with Gasteiger partial charge in [-0.05, 0) is 56.6 Å². The summed E-state index contributed by atoms with van der Waals surface area (Å²) in [6.07, 6.45) is -2.91. The highest BCUT2D eigenvalue weighted by Gasteiger charge is 2.58. The van der Waals surface area contributed by atoms with Crippen LogP contribution in [0.2, 0.25) is 0 Å². The van der Waals surface area contributed by atoms with Crippen LogP contribution >= 0.6 is 0 Å². The van der Waals surface area contributed by atoms with Gasteiger partial charge in [-0.25, -0.2) is 4.79 Å². The number of allylic oxidation sites excluding steroid dienone is 9. The van der Waals surface area contributed by atoms with Crippen LogP contribution in [-0.4, -0.2) is 122 Å². The van der Waals surface area contributed by atoms with Crippen LogP contribution in [0.4, 0.5) is 0 Å². The van der Waals surface area contributed by atoms with E-state index in [4.69, 9.17) is 52.1 Å². The van der Waals surface area contributed by atoms with E-state index in [1.54, 1.807) is 19.1 Å². The van der Waals surface area contributed by atoms with Gasteiger partial charge in [0.1, 0.15) is 31.5 Å². The molecule has 0 aromatic heterocycles. The molecule has 0 spiro atoms. The first-order chi connectivity index (χ1) is 30.4. The Morgan fingerprint density at radius 2 is 1.03 bits per heavy atom. The number of esters is 8. The lowest BCUT2D eigenvalue weighted by atomic mass is 9.72. The minimum Gasteiger partial charge on any atom is -0.463 e. The zero-order valence-electron chi connectivity index (χ0n) is 39.0. The number of carbonyl (C=O) groups excluding carboxylic acids is 8. The molecular formula is C46H62O19. The van der Waals surface area contributed by atoms with Gasteiger partial charge in [0.2, 0.25) is 12.4 Å². The van der Waals surface area contributed by atoms with Crippen molar-refractivity contribution in [2.24, 2.45) is 5.41 Å². The van der Waals surface area contributed by atoms with E-state index in [9.17, 15) is 38.4 Å². The van der Waals surface area contributed by atoms with Crippen LogP contribution < -0.4 is 0 Å². The van der Waals surface area contributed by atoms with Crippen molar-refractivity contribution in [2.45, 2.75) is 164 Å². The molecule has 2 aliphatic heterocycles. The number of hydrogen-bond acceptors (Lipinski definition) is 19. The van der Waals surface area contributed by atoms with Crippen molar-refractivity contribution in [2.75, 3.05) is 13.2 Å². The summed E-state index contributed by atoms with van der Waals surface area (Å²) in [5, 5.41) is 0. The van der Waals surface area contributed by atoms with Crippen molar-refractivity contribution in [3.8, 4) is 0 Å². The number of carbonyl (C=O) groups is 8. The highest BCUT2D eigenvalue weighted by Crippen LogP contribution is 2.41. The summed E-state index contributed by atoms with van der Waals surface area (Å²) in [7, 11) is 0. The predicted octanol–water partition coefficient (Wildman–Crippen LogP) is 4.68. The minimum absolute atomic E-state index is 0.0837. The van der Waals surface area contributed by atoms with Gasteiger partial charge in [-0.3, -0.25) is 33.6 Å². The second kappa shape index (κ2) is 24.6. The molecule has 360 valence electrons. The Labute approximate surface area is 378 Å². The van der Waals surface area contributed by atoms with Gasteiger partial charge in [-0.15, -0.1) is 0 Å². The van der Waals surface area contributed by atoms with E-state index in [-0.39, 0.29) is 5.41 Å². The molecule has 3 aliphatic rings. The second-order valence-electron chi connectivity index (χ2n) is 16.5. The van der Waals surface area contributed by atoms with Gasteiger partial charge in [0, 0.05) is 54.5 Å². The van der Waals surface area contributed by atoms with Gasteiger partial charge >= 0.3 is 47.8 Å². The number of hydrogen-bond donors (Lipinski definition) is 0. The van der Waals surface area contributed by atoms with Gasteiger partial charge in [0.15, 0.2) is 30.7 Å². The van der Waals surface area contributed by atoms with E-state index in [0.717, 1.165) is 79.4 Å². The van der Waals surface area contributed by atoms with Crippen LogP contribution in [0.1, 0.15) is 102 Å². The summed E-state index contributed by atoms with van der Waals surface area (Å²) in [6.45, 7) is 16.3. The van der Waals surface area contributed by atoms with Crippen LogP contribution in [0.3, 0.4) is 0 Å². The zero-order valence-corrected chi connectivity index (χ0v) is 39.0. The SMILES string of the molecule is CC(=O)OC[C@H]1O[C@H](O[C@H]2[C@H](OC(C)=O)[C@@H](OC(C)=O)[C@H](OC(=O)\C=C(C)/C=C/C=C(C)/C=C/C3=C(C)CCCC3(C)C)O[C@@H]2COC(C)=O)[C@H](OC(C)=O)[C@@H](OC(C)=O)[C@H]1OC(C)=O. The fourth-order valence-electron chi connectivity index (χ4n) is 7.58. The van der Waals surface area contributed by atoms with Gasteiger partial charge in [0.25, 0.3) is 0 Å². The average molecular weight is 919 g/mol. The smallest absolute Gasteiger partial charge is 0.333 e. The van der Waals surface area contributed by atoms with Crippen molar-refractivity contribution >= 4 is 47.8 Å². The third-order valence-corrected chi connectivity index (χ3v) is 10.2. The van der Waals surface area contributed by atoms with E-state index >= 15 is 0 Å². The molecule has 0 aromatic carbocycles. The quantitative estimate of drug-likeness (QED) is 0.0833. The molecular weight excluding hydrogens is 856 g/mol. The molecule has 3 rings (SSSR count). The van der Waals surface area contributed by atoms with Crippen LogP contribution in [0, 0.1) is 5.41 Å². The van der Waals surface area contributed by atoms with E-state index in [0.29, 0.717) is 5.57 Å². The maximum absolute atomic E-state index is 13.5. The predicted molar refractivity (Wildman–Crippen MR) is 225 cm³/mol. The van der Waals surface area contributed by atoms with Crippen molar-refractivity contribution in [3.05, 3.63) is 58.7 Å². The van der Waals surface area contributed by atoms with E-state index < -0.39 is 122 Å². The fraction of sp³-hybridized carbons (Fsp3) is 0.609. The average Bonchev–Trinajstić information content (AvgIpc) is 3.16. The lowest BCUT2D eigenvalue weighted by Gasteiger charge is -2.48. The molecule has 0 bridgehead atoms. The van der Waals surface area contributed by atoms with Gasteiger partial charge < -0.3 is 52.1 Å². The van der Waals surface area contributed by atoms with Gasteiger partial charge in [-0.2, -0.15) is 0 Å². The first-order valence-corrected chi connectivity index (χ1v) is 21.1. The lowest BCUT2D eigenvalue weighted by Crippen LogP contribution is -2.67. The molecule has 0 aromatic rings. The summed E-state index contributed by atoms with van der Waals surface area (Å²) in [4.78, 5) is 100. The maximum atomic E-state index is 13.5. The van der Waals surface area contributed by atoms with Gasteiger partial charge in [-0.1, -0.05) is 55.4 Å². The van der Waals surface area contributed by atoms with Crippen molar-refractivity contribution in [1.29, 1.82) is 0 Å². The van der Waals surface area contributed by atoms with Crippen LogP contribution in [0.5, 0.6) is 0 Å². The third-order valence-electron chi connectivity index (χ3n) is 10.2. The van der Waals surface area contributed by atoms with Crippen LogP contribution in [-0.2, 0) is 90.5 Å². The Bertz CT molecular complexity index is 1940. The first-order valence-electron chi connectivity index (χ1n) is 21.1. The van der Waals surface area contributed by atoms with Crippen molar-refractivity contribution in [3.63, 3.8) is 0 Å². The molecule has 65 heavy (non-hydrogen) atoms. The van der Waals surface area contributed by atoms with Crippen LogP contribution in [0.25, 0.3) is 0 Å². The Kier molecular flexibility index (Phi) is 20.3. The molecule has 0 N–H and O–H groups in total. The molecule has 2 heterocycles. The van der Waals surface area contributed by atoms with Crippen molar-refractivity contribution < 1.29 is 90.5 Å². The standard InChI is InChI=1S/C46H62O19/c1-24(18-19-34-26(3)17-14-20-46(34,11)12)15-13-16-25(2)21-37(54)64-44-42(60-32(9)52)41(59-31(8)51)39(36(62-44)23-56-28(5)48)65-45-43(61-33(10)53)40(58-30(7)50)38(57-29(6)49)35(63-45)22-55-27(4)47/h13,15-16,18-19,21,35-36,38-45H,14,17,20,22-23H2,1-12H3/b16-13+,19-18+,24-15+,25-21-/t35-,36-,38+,39-,40+,41+,42-,43-,44+,45-/m1/s1. The lowest BCUT2D eigenvalue weighted by molar-refractivity contribution is -0.357. The molecule has 19 nitrogen and oxygen atoms in total. The summed E-state index contributed by atoms with van der Waals surface area (Å²) in [5.74, 6) is -7.18. The normalized spacial score (nSPS) is 28.2. The summed E-state index contributed by atoms with van der Waals surface area (Å²) in [6, 6.07) is 0. The Morgan fingerprint density at radius 1 is 0.569 bits per heavy atom. The molecule has 19 heteroatoms. The van der Waals surface area contributed by atoms with Crippen LogP contribution in [0.15, 0.2) is 58.7 Å². The largest absolute Gasteiger partial charge is 0.463 e. The summed E-state index contributed by atoms with van der Waals surface area (Å²) >= 11 is 0. The summed E-state index contributed by atoms with van der Waals surface area (Å²) < 4.78 is 62.2. The maximum Gasteiger partial charge on any atom is 0.333 e. The molecule has 2 saturated heterocycles.